The highest BCUT2D eigenvalue weighted by atomic mass is 32.1. The first-order chi connectivity index (χ1) is 14.6. The van der Waals surface area contributed by atoms with Crippen LogP contribution in [0.2, 0.25) is 0 Å². The SMILES string of the molecule is O=C(CN1CCc2nc(NC(=O)c3cnccn3)sc2C1)NCc1ccc(F)cc1. The number of anilines is 1. The van der Waals surface area contributed by atoms with E-state index >= 15 is 0 Å². The fourth-order valence-electron chi connectivity index (χ4n) is 3.08. The third kappa shape index (κ3) is 5.02. The minimum atomic E-state index is -0.355. The predicted molar refractivity (Wildman–Crippen MR) is 109 cm³/mol. The zero-order valence-corrected chi connectivity index (χ0v) is 16.8. The van der Waals surface area contributed by atoms with Gasteiger partial charge in [0.25, 0.3) is 5.91 Å². The van der Waals surface area contributed by atoms with Crippen LogP contribution in [0.15, 0.2) is 42.9 Å². The van der Waals surface area contributed by atoms with Gasteiger partial charge < -0.3 is 5.32 Å². The number of thiazole rings is 1. The lowest BCUT2D eigenvalue weighted by Crippen LogP contribution is -2.39. The van der Waals surface area contributed by atoms with E-state index in [2.05, 4.69) is 25.6 Å². The second-order valence-electron chi connectivity index (χ2n) is 6.80. The van der Waals surface area contributed by atoms with Crippen LogP contribution in [0, 0.1) is 5.82 Å². The van der Waals surface area contributed by atoms with E-state index in [0.29, 0.717) is 31.2 Å². The number of carbonyl (C=O) groups excluding carboxylic acids is 2. The van der Waals surface area contributed by atoms with Crippen molar-refractivity contribution in [2.45, 2.75) is 19.5 Å². The second-order valence-corrected chi connectivity index (χ2v) is 7.88. The number of aromatic nitrogens is 3. The van der Waals surface area contributed by atoms with Gasteiger partial charge in [0.1, 0.15) is 11.5 Å². The molecule has 1 aliphatic heterocycles. The van der Waals surface area contributed by atoms with Crippen molar-refractivity contribution in [1.82, 2.24) is 25.2 Å². The monoisotopic (exact) mass is 426 g/mol. The Morgan fingerprint density at radius 1 is 1.20 bits per heavy atom. The van der Waals surface area contributed by atoms with Crippen LogP contribution in [0.5, 0.6) is 0 Å². The van der Waals surface area contributed by atoms with Gasteiger partial charge >= 0.3 is 0 Å². The normalized spacial score (nSPS) is 13.5. The van der Waals surface area contributed by atoms with Gasteiger partial charge in [-0.2, -0.15) is 0 Å². The molecule has 0 radical (unpaired) electrons. The van der Waals surface area contributed by atoms with Crippen molar-refractivity contribution in [2.24, 2.45) is 0 Å². The van der Waals surface area contributed by atoms with Crippen molar-refractivity contribution >= 4 is 28.3 Å². The molecule has 0 saturated heterocycles. The van der Waals surface area contributed by atoms with Crippen molar-refractivity contribution in [3.8, 4) is 0 Å². The number of rotatable bonds is 6. The minimum absolute atomic E-state index is 0.0940. The molecule has 0 aliphatic carbocycles. The van der Waals surface area contributed by atoms with Crippen molar-refractivity contribution in [1.29, 1.82) is 0 Å². The number of nitrogens with one attached hydrogen (secondary N) is 2. The van der Waals surface area contributed by atoms with Crippen LogP contribution in [0.25, 0.3) is 0 Å². The van der Waals surface area contributed by atoms with E-state index in [1.54, 1.807) is 12.1 Å². The molecule has 0 atom stereocenters. The summed E-state index contributed by atoms with van der Waals surface area (Å²) in [6.45, 7) is 1.92. The van der Waals surface area contributed by atoms with Gasteiger partial charge in [-0.05, 0) is 17.7 Å². The zero-order valence-electron chi connectivity index (χ0n) is 16.0. The van der Waals surface area contributed by atoms with E-state index in [4.69, 9.17) is 0 Å². The molecule has 154 valence electrons. The average molecular weight is 426 g/mol. The molecular weight excluding hydrogens is 407 g/mol. The molecule has 4 rings (SSSR count). The van der Waals surface area contributed by atoms with Gasteiger partial charge in [0, 0.05) is 43.3 Å². The Bertz CT molecular complexity index is 1040. The van der Waals surface area contributed by atoms with Crippen molar-refractivity contribution < 1.29 is 14.0 Å². The molecule has 2 amide bonds. The lowest BCUT2D eigenvalue weighted by molar-refractivity contribution is -0.122. The van der Waals surface area contributed by atoms with Crippen LogP contribution in [-0.4, -0.2) is 44.8 Å². The Balaban J connectivity index is 1.29. The van der Waals surface area contributed by atoms with Crippen LogP contribution in [0.1, 0.15) is 26.6 Å². The third-order valence-electron chi connectivity index (χ3n) is 4.60. The molecule has 30 heavy (non-hydrogen) atoms. The molecular formula is C20H19FN6O2S. The van der Waals surface area contributed by atoms with E-state index in [-0.39, 0.29) is 29.9 Å². The number of benzene rings is 1. The molecule has 0 unspecified atom stereocenters. The summed E-state index contributed by atoms with van der Waals surface area (Å²) >= 11 is 1.40. The quantitative estimate of drug-likeness (QED) is 0.625. The second kappa shape index (κ2) is 9.06. The Kier molecular flexibility index (Phi) is 6.05. The standard InChI is InChI=1S/C20H19FN6O2S/c21-14-3-1-13(2-4-14)9-24-18(28)12-27-8-5-15-17(11-27)30-20(25-15)26-19(29)16-10-22-6-7-23-16/h1-4,6-7,10H,5,8-9,11-12H2,(H,24,28)(H,25,26,29). The van der Waals surface area contributed by atoms with Gasteiger partial charge in [0.05, 0.1) is 18.4 Å². The van der Waals surface area contributed by atoms with Crippen molar-refractivity contribution in [3.63, 3.8) is 0 Å². The predicted octanol–water partition coefficient (Wildman–Crippen LogP) is 2.00. The number of halogens is 1. The fourth-order valence-corrected chi connectivity index (χ4v) is 4.12. The lowest BCUT2D eigenvalue weighted by Gasteiger charge is -2.25. The van der Waals surface area contributed by atoms with Gasteiger partial charge in [-0.1, -0.05) is 12.1 Å². The first-order valence-electron chi connectivity index (χ1n) is 9.36. The summed E-state index contributed by atoms with van der Waals surface area (Å²) in [6.07, 6.45) is 5.07. The van der Waals surface area contributed by atoms with Crippen LogP contribution in [-0.2, 0) is 24.3 Å². The molecule has 0 fully saturated rings. The maximum absolute atomic E-state index is 12.9. The molecule has 0 bridgehead atoms. The van der Waals surface area contributed by atoms with E-state index in [1.807, 2.05) is 4.90 Å². The molecule has 0 spiro atoms. The van der Waals surface area contributed by atoms with Crippen molar-refractivity contribution in [3.05, 3.63) is 70.5 Å². The molecule has 0 saturated carbocycles. The number of hydrogen-bond donors (Lipinski definition) is 2. The Morgan fingerprint density at radius 2 is 2.03 bits per heavy atom. The third-order valence-corrected chi connectivity index (χ3v) is 5.59. The summed E-state index contributed by atoms with van der Waals surface area (Å²) in [5.41, 5.74) is 2.01. The highest BCUT2D eigenvalue weighted by molar-refractivity contribution is 7.15. The number of amides is 2. The van der Waals surface area contributed by atoms with Crippen LogP contribution < -0.4 is 10.6 Å². The molecule has 10 heteroatoms. The van der Waals surface area contributed by atoms with Crippen LogP contribution >= 0.6 is 11.3 Å². The molecule has 3 heterocycles. The topological polar surface area (TPSA) is 100 Å². The first-order valence-corrected chi connectivity index (χ1v) is 10.2. The number of carbonyl (C=O) groups is 2. The summed E-state index contributed by atoms with van der Waals surface area (Å²) in [4.78, 5) is 39.9. The molecule has 3 aromatic rings. The van der Waals surface area contributed by atoms with E-state index < -0.39 is 0 Å². The summed E-state index contributed by atoms with van der Waals surface area (Å²) in [5, 5.41) is 6.12. The van der Waals surface area contributed by atoms with E-state index in [1.165, 1.54) is 42.1 Å². The number of hydrogen-bond acceptors (Lipinski definition) is 7. The zero-order chi connectivity index (χ0) is 20.9. The Labute approximate surface area is 176 Å². The number of fused-ring (bicyclic) bond motifs is 1. The fraction of sp³-hybridized carbons (Fsp3) is 0.250. The largest absolute Gasteiger partial charge is 0.351 e. The van der Waals surface area contributed by atoms with Gasteiger partial charge in [-0.15, -0.1) is 11.3 Å². The van der Waals surface area contributed by atoms with Crippen LogP contribution in [0.4, 0.5) is 9.52 Å². The summed E-state index contributed by atoms with van der Waals surface area (Å²) in [5.74, 6) is -0.749. The van der Waals surface area contributed by atoms with E-state index in [9.17, 15) is 14.0 Å². The Morgan fingerprint density at radius 3 is 2.80 bits per heavy atom. The van der Waals surface area contributed by atoms with Gasteiger partial charge in [-0.25, -0.2) is 14.4 Å². The smallest absolute Gasteiger partial charge is 0.277 e. The summed E-state index contributed by atoms with van der Waals surface area (Å²) in [6, 6.07) is 6.05. The first kappa shape index (κ1) is 20.0. The van der Waals surface area contributed by atoms with Crippen LogP contribution in [0.3, 0.4) is 0 Å². The Hall–Kier alpha value is -3.24. The highest BCUT2D eigenvalue weighted by Gasteiger charge is 2.23. The lowest BCUT2D eigenvalue weighted by atomic mass is 10.2. The summed E-state index contributed by atoms with van der Waals surface area (Å²) < 4.78 is 12.9. The van der Waals surface area contributed by atoms with Gasteiger partial charge in [0.2, 0.25) is 5.91 Å². The van der Waals surface area contributed by atoms with Gasteiger partial charge in [-0.3, -0.25) is 24.8 Å². The summed E-state index contributed by atoms with van der Waals surface area (Å²) in [7, 11) is 0. The maximum Gasteiger partial charge on any atom is 0.277 e. The molecule has 2 N–H and O–H groups in total. The van der Waals surface area contributed by atoms with Crippen molar-refractivity contribution in [2.75, 3.05) is 18.4 Å². The van der Waals surface area contributed by atoms with E-state index in [0.717, 1.165) is 16.1 Å². The number of nitrogens with zero attached hydrogens (tertiary/aromatic N) is 4. The molecule has 1 aromatic carbocycles. The molecule has 2 aromatic heterocycles. The highest BCUT2D eigenvalue weighted by Crippen LogP contribution is 2.28. The minimum Gasteiger partial charge on any atom is -0.351 e. The molecule has 1 aliphatic rings. The average Bonchev–Trinajstić information content (AvgIpc) is 3.15. The van der Waals surface area contributed by atoms with Gasteiger partial charge in [0.15, 0.2) is 5.13 Å². The maximum atomic E-state index is 12.9. The molecule has 8 nitrogen and oxygen atoms in total.